The van der Waals surface area contributed by atoms with Crippen molar-refractivity contribution in [3.8, 4) is 11.4 Å². The molecule has 4 rings (SSSR count). The number of carbonyl (C=O) groups is 1. The predicted octanol–water partition coefficient (Wildman–Crippen LogP) is 5.00. The molecule has 186 valence electrons. The maximum Gasteiger partial charge on any atom is 0.243 e. The maximum absolute atomic E-state index is 13.1. The number of hydrogen-bond donors (Lipinski definition) is 0. The lowest BCUT2D eigenvalue weighted by atomic mass is 10.2. The highest BCUT2D eigenvalue weighted by Crippen LogP contribution is 2.28. The molecule has 0 spiro atoms. The summed E-state index contributed by atoms with van der Waals surface area (Å²) in [5.74, 6) is 0.765. The summed E-state index contributed by atoms with van der Waals surface area (Å²) in [4.78, 5) is 12.9. The van der Waals surface area contributed by atoms with Crippen LogP contribution >= 0.6 is 11.8 Å². The van der Waals surface area contributed by atoms with Gasteiger partial charge in [0, 0.05) is 24.2 Å². The number of ketones is 1. The van der Waals surface area contributed by atoms with E-state index in [9.17, 15) is 13.2 Å². The van der Waals surface area contributed by atoms with Crippen LogP contribution in [0.15, 0.2) is 95.0 Å². The van der Waals surface area contributed by atoms with Crippen LogP contribution in [0.3, 0.4) is 0 Å². The van der Waals surface area contributed by atoms with Gasteiger partial charge >= 0.3 is 0 Å². The van der Waals surface area contributed by atoms with Crippen LogP contribution in [0, 0.1) is 0 Å². The van der Waals surface area contributed by atoms with Crippen LogP contribution < -0.4 is 0 Å². The molecule has 0 unspecified atom stereocenters. The molecular weight excluding hydrogens is 492 g/mol. The Balaban J connectivity index is 1.69. The molecule has 0 fully saturated rings. The zero-order valence-electron chi connectivity index (χ0n) is 20.2. The first-order valence-corrected chi connectivity index (χ1v) is 14.1. The maximum atomic E-state index is 13.1. The van der Waals surface area contributed by atoms with E-state index < -0.39 is 10.0 Å². The van der Waals surface area contributed by atoms with Crippen molar-refractivity contribution in [3.63, 3.8) is 0 Å². The van der Waals surface area contributed by atoms with Gasteiger partial charge in [-0.15, -0.1) is 10.2 Å². The van der Waals surface area contributed by atoms with E-state index in [1.165, 1.54) is 16.1 Å². The Kier molecular flexibility index (Phi) is 8.35. The summed E-state index contributed by atoms with van der Waals surface area (Å²) in [5, 5.41) is 9.38. The molecule has 0 aliphatic rings. The van der Waals surface area contributed by atoms with Gasteiger partial charge in [0.15, 0.2) is 16.8 Å². The van der Waals surface area contributed by atoms with Crippen LogP contribution in [0.2, 0.25) is 0 Å². The monoisotopic (exact) mass is 520 g/mol. The quantitative estimate of drug-likeness (QED) is 0.204. The fourth-order valence-electron chi connectivity index (χ4n) is 3.86. The third kappa shape index (κ3) is 5.75. The molecule has 1 heterocycles. The summed E-state index contributed by atoms with van der Waals surface area (Å²) < 4.78 is 29.6. The number of sulfonamides is 1. The zero-order chi connectivity index (χ0) is 25.5. The largest absolute Gasteiger partial charge is 0.298 e. The smallest absolute Gasteiger partial charge is 0.243 e. The van der Waals surface area contributed by atoms with Gasteiger partial charge in [-0.2, -0.15) is 4.31 Å². The van der Waals surface area contributed by atoms with Gasteiger partial charge in [0.2, 0.25) is 10.0 Å². The predicted molar refractivity (Wildman–Crippen MR) is 143 cm³/mol. The van der Waals surface area contributed by atoms with Crippen LogP contribution in [-0.2, 0) is 16.6 Å². The Morgan fingerprint density at radius 1 is 0.889 bits per heavy atom. The van der Waals surface area contributed by atoms with Crippen molar-refractivity contribution < 1.29 is 13.2 Å². The van der Waals surface area contributed by atoms with Crippen LogP contribution in [0.25, 0.3) is 11.4 Å². The molecule has 1 aromatic heterocycles. The lowest BCUT2D eigenvalue weighted by Gasteiger charge is -2.19. The third-order valence-electron chi connectivity index (χ3n) is 5.76. The van der Waals surface area contributed by atoms with E-state index in [0.717, 1.165) is 5.56 Å². The zero-order valence-corrected chi connectivity index (χ0v) is 21.9. The SMILES string of the molecule is CCN(CC)S(=O)(=O)c1cccc(-c2nnc(SCC(=O)c3ccccc3)n2Cc2ccccc2)c1. The normalized spacial score (nSPS) is 11.6. The minimum Gasteiger partial charge on any atom is -0.298 e. The van der Waals surface area contributed by atoms with Gasteiger partial charge in [0.05, 0.1) is 17.2 Å². The third-order valence-corrected chi connectivity index (χ3v) is 8.78. The lowest BCUT2D eigenvalue weighted by Crippen LogP contribution is -2.30. The number of benzene rings is 3. The Hall–Kier alpha value is -3.27. The second-order valence-corrected chi connectivity index (χ2v) is 11.0. The molecule has 0 bridgehead atoms. The highest BCUT2D eigenvalue weighted by Gasteiger charge is 2.23. The van der Waals surface area contributed by atoms with E-state index in [2.05, 4.69) is 10.2 Å². The van der Waals surface area contributed by atoms with E-state index in [-0.39, 0.29) is 16.4 Å². The van der Waals surface area contributed by atoms with Gasteiger partial charge in [0.25, 0.3) is 0 Å². The van der Waals surface area contributed by atoms with Crippen LogP contribution in [0.4, 0.5) is 0 Å². The van der Waals surface area contributed by atoms with E-state index in [1.54, 1.807) is 30.3 Å². The van der Waals surface area contributed by atoms with Crippen molar-refractivity contribution >= 4 is 27.6 Å². The van der Waals surface area contributed by atoms with Crippen molar-refractivity contribution in [1.29, 1.82) is 0 Å². The van der Waals surface area contributed by atoms with Crippen molar-refractivity contribution in [2.24, 2.45) is 0 Å². The van der Waals surface area contributed by atoms with E-state index >= 15 is 0 Å². The fourth-order valence-corrected chi connectivity index (χ4v) is 6.20. The summed E-state index contributed by atoms with van der Waals surface area (Å²) in [6.45, 7) is 4.91. The van der Waals surface area contributed by atoms with Gasteiger partial charge in [0.1, 0.15) is 0 Å². The standard InChI is InChI=1S/C27H28N4O3S2/c1-3-30(4-2)36(33,34)24-17-11-16-23(18-24)26-28-29-27(31(26)19-21-12-7-5-8-13-21)35-20-25(32)22-14-9-6-10-15-22/h5-18H,3-4,19-20H2,1-2H3. The van der Waals surface area contributed by atoms with Gasteiger partial charge in [-0.1, -0.05) is 98.4 Å². The first kappa shape index (κ1) is 25.8. The Bertz CT molecular complexity index is 1420. The molecule has 0 saturated carbocycles. The van der Waals surface area contributed by atoms with Gasteiger partial charge < -0.3 is 0 Å². The number of carbonyl (C=O) groups excluding carboxylic acids is 1. The van der Waals surface area contributed by atoms with Crippen molar-refractivity contribution in [2.45, 2.75) is 30.4 Å². The first-order valence-electron chi connectivity index (χ1n) is 11.7. The van der Waals surface area contributed by atoms with Crippen LogP contribution in [-0.4, -0.2) is 52.1 Å². The van der Waals surface area contributed by atoms with Gasteiger partial charge in [-0.3, -0.25) is 9.36 Å². The highest BCUT2D eigenvalue weighted by molar-refractivity contribution is 7.99. The molecule has 0 aliphatic heterocycles. The molecule has 36 heavy (non-hydrogen) atoms. The molecule has 0 aliphatic carbocycles. The number of nitrogens with zero attached hydrogens (tertiary/aromatic N) is 4. The average Bonchev–Trinajstić information content (AvgIpc) is 3.31. The number of aromatic nitrogens is 3. The molecule has 0 radical (unpaired) electrons. The number of thioether (sulfide) groups is 1. The molecule has 0 amide bonds. The molecule has 0 saturated heterocycles. The number of rotatable bonds is 11. The Labute approximate surface area is 216 Å². The summed E-state index contributed by atoms with van der Waals surface area (Å²) in [6.07, 6.45) is 0. The Morgan fingerprint density at radius 2 is 1.56 bits per heavy atom. The highest BCUT2D eigenvalue weighted by atomic mass is 32.2. The lowest BCUT2D eigenvalue weighted by molar-refractivity contribution is 0.102. The molecule has 3 aromatic carbocycles. The van der Waals surface area contributed by atoms with Gasteiger partial charge in [-0.25, -0.2) is 8.42 Å². The molecule has 0 atom stereocenters. The van der Waals surface area contributed by atoms with E-state index in [0.29, 0.717) is 41.7 Å². The molecule has 0 N–H and O–H groups in total. The molecule has 9 heteroatoms. The molecule has 4 aromatic rings. The minimum absolute atomic E-state index is 0.00345. The van der Waals surface area contributed by atoms with Gasteiger partial charge in [-0.05, 0) is 17.7 Å². The molecule has 7 nitrogen and oxygen atoms in total. The summed E-state index contributed by atoms with van der Waals surface area (Å²) in [7, 11) is -3.62. The second-order valence-electron chi connectivity index (χ2n) is 8.07. The van der Waals surface area contributed by atoms with E-state index in [4.69, 9.17) is 0 Å². The second kappa shape index (κ2) is 11.6. The van der Waals surface area contributed by atoms with Crippen molar-refractivity contribution in [2.75, 3.05) is 18.8 Å². The Morgan fingerprint density at radius 3 is 2.22 bits per heavy atom. The minimum atomic E-state index is -3.62. The number of hydrogen-bond acceptors (Lipinski definition) is 6. The van der Waals surface area contributed by atoms with Crippen molar-refractivity contribution in [3.05, 3.63) is 96.1 Å². The fraction of sp³-hybridized carbons (Fsp3) is 0.222. The van der Waals surface area contributed by atoms with Crippen LogP contribution in [0.5, 0.6) is 0 Å². The van der Waals surface area contributed by atoms with E-state index in [1.807, 2.05) is 73.0 Å². The van der Waals surface area contributed by atoms with Crippen LogP contribution in [0.1, 0.15) is 29.8 Å². The number of Topliss-reactive ketones (excluding diaryl/α,β-unsaturated/α-hetero) is 1. The average molecular weight is 521 g/mol. The summed E-state index contributed by atoms with van der Waals surface area (Å²) in [5.41, 5.74) is 2.34. The summed E-state index contributed by atoms with van der Waals surface area (Å²) >= 11 is 1.32. The topological polar surface area (TPSA) is 85.2 Å². The summed E-state index contributed by atoms with van der Waals surface area (Å²) in [6, 6.07) is 25.8. The van der Waals surface area contributed by atoms with Crippen molar-refractivity contribution in [1.82, 2.24) is 19.1 Å². The molecular formula is C27H28N4O3S2. The first-order chi connectivity index (χ1) is 17.4.